The second kappa shape index (κ2) is 8.15. The van der Waals surface area contributed by atoms with Crippen LogP contribution < -0.4 is 4.74 Å². The van der Waals surface area contributed by atoms with Crippen LogP contribution in [0.5, 0.6) is 5.75 Å². The average Bonchev–Trinajstić information content (AvgIpc) is 2.62. The first-order valence-electron chi connectivity index (χ1n) is 9.13. The van der Waals surface area contributed by atoms with Crippen molar-refractivity contribution in [2.75, 3.05) is 0 Å². The molecule has 5 heteroatoms. The summed E-state index contributed by atoms with van der Waals surface area (Å²) in [4.78, 5) is 0. The summed E-state index contributed by atoms with van der Waals surface area (Å²) in [6.45, 7) is 2.01. The van der Waals surface area contributed by atoms with Crippen LogP contribution in [0.3, 0.4) is 0 Å². The lowest BCUT2D eigenvalue weighted by molar-refractivity contribution is -0.275. The third-order valence-corrected chi connectivity index (χ3v) is 4.99. The third-order valence-electron chi connectivity index (χ3n) is 4.99. The predicted molar refractivity (Wildman–Crippen MR) is 97.4 cm³/mol. The van der Waals surface area contributed by atoms with E-state index in [0.717, 1.165) is 30.4 Å². The van der Waals surface area contributed by atoms with Gasteiger partial charge < -0.3 is 4.74 Å². The van der Waals surface area contributed by atoms with E-state index in [1.54, 1.807) is 0 Å². The van der Waals surface area contributed by atoms with Crippen molar-refractivity contribution in [1.82, 2.24) is 0 Å². The molecule has 0 fully saturated rings. The summed E-state index contributed by atoms with van der Waals surface area (Å²) in [7, 11) is 0. The molecule has 1 atom stereocenters. The Morgan fingerprint density at radius 2 is 1.85 bits per heavy atom. The molecule has 0 radical (unpaired) electrons. The Labute approximate surface area is 156 Å². The number of alkyl halides is 3. The third kappa shape index (κ3) is 5.12. The zero-order valence-electron chi connectivity index (χ0n) is 15.2. The van der Waals surface area contributed by atoms with Crippen molar-refractivity contribution in [3.05, 3.63) is 76.6 Å². The molecule has 3 rings (SSSR count). The summed E-state index contributed by atoms with van der Waals surface area (Å²) in [6, 6.07) is 10.8. The number of rotatable bonds is 5. The van der Waals surface area contributed by atoms with Crippen molar-refractivity contribution in [3.8, 4) is 5.75 Å². The van der Waals surface area contributed by atoms with Crippen molar-refractivity contribution >= 4 is 0 Å². The van der Waals surface area contributed by atoms with Gasteiger partial charge in [-0.05, 0) is 79.3 Å². The van der Waals surface area contributed by atoms with Gasteiger partial charge in [-0.25, -0.2) is 4.39 Å². The van der Waals surface area contributed by atoms with Crippen LogP contribution in [0.4, 0.5) is 17.6 Å². The molecule has 0 bridgehead atoms. The molecular formula is C22H22F4O. The molecule has 27 heavy (non-hydrogen) atoms. The van der Waals surface area contributed by atoms with E-state index in [4.69, 9.17) is 0 Å². The zero-order chi connectivity index (χ0) is 19.4. The van der Waals surface area contributed by atoms with Crippen molar-refractivity contribution in [3.63, 3.8) is 0 Å². The second-order valence-corrected chi connectivity index (χ2v) is 6.89. The van der Waals surface area contributed by atoms with Crippen LogP contribution in [0, 0.1) is 5.82 Å². The van der Waals surface area contributed by atoms with Gasteiger partial charge in [-0.2, -0.15) is 0 Å². The summed E-state index contributed by atoms with van der Waals surface area (Å²) in [5, 5.41) is 0. The van der Waals surface area contributed by atoms with Crippen molar-refractivity contribution in [2.45, 2.75) is 51.3 Å². The van der Waals surface area contributed by atoms with Gasteiger partial charge in [-0.3, -0.25) is 0 Å². The largest absolute Gasteiger partial charge is 0.573 e. The maximum atomic E-state index is 14.0. The van der Waals surface area contributed by atoms with Crippen molar-refractivity contribution in [2.24, 2.45) is 0 Å². The van der Waals surface area contributed by atoms with E-state index in [9.17, 15) is 17.6 Å². The SMILES string of the molecule is C/C=C/CCc1ccc(C2CCc3cc(OC(F)(F)F)c(F)cc3C2)cc1. The lowest BCUT2D eigenvalue weighted by atomic mass is 9.80. The molecule has 0 spiro atoms. The highest BCUT2D eigenvalue weighted by atomic mass is 19.4. The smallest absolute Gasteiger partial charge is 0.403 e. The van der Waals surface area contributed by atoms with Gasteiger partial charge in [-0.15, -0.1) is 13.2 Å². The van der Waals surface area contributed by atoms with E-state index in [0.29, 0.717) is 12.8 Å². The van der Waals surface area contributed by atoms with Crippen LogP contribution in [0.1, 0.15) is 47.9 Å². The molecule has 0 aliphatic heterocycles. The van der Waals surface area contributed by atoms with Gasteiger partial charge in [0.1, 0.15) is 0 Å². The van der Waals surface area contributed by atoms with Gasteiger partial charge >= 0.3 is 6.36 Å². The topological polar surface area (TPSA) is 9.23 Å². The Kier molecular flexibility index (Phi) is 5.88. The van der Waals surface area contributed by atoms with Crippen LogP contribution in [-0.4, -0.2) is 6.36 Å². The summed E-state index contributed by atoms with van der Waals surface area (Å²) >= 11 is 0. The van der Waals surface area contributed by atoms with Crippen LogP contribution >= 0.6 is 0 Å². The van der Waals surface area contributed by atoms with E-state index < -0.39 is 17.9 Å². The lowest BCUT2D eigenvalue weighted by Gasteiger charge is -2.26. The van der Waals surface area contributed by atoms with E-state index in [1.165, 1.54) is 23.3 Å². The summed E-state index contributed by atoms with van der Waals surface area (Å²) < 4.78 is 54.9. The van der Waals surface area contributed by atoms with Gasteiger partial charge in [-0.1, -0.05) is 36.4 Å². The normalized spacial score (nSPS) is 17.1. The van der Waals surface area contributed by atoms with E-state index >= 15 is 0 Å². The molecular weight excluding hydrogens is 356 g/mol. The van der Waals surface area contributed by atoms with Gasteiger partial charge in [0.15, 0.2) is 11.6 Å². The average molecular weight is 378 g/mol. The predicted octanol–water partition coefficient (Wildman–Crippen LogP) is 6.51. The maximum Gasteiger partial charge on any atom is 0.573 e. The highest BCUT2D eigenvalue weighted by Gasteiger charge is 2.33. The number of halogens is 4. The highest BCUT2D eigenvalue weighted by molar-refractivity contribution is 5.41. The van der Waals surface area contributed by atoms with Gasteiger partial charge in [0, 0.05) is 0 Å². The molecule has 0 heterocycles. The van der Waals surface area contributed by atoms with Crippen molar-refractivity contribution in [1.29, 1.82) is 0 Å². The Morgan fingerprint density at radius 1 is 1.11 bits per heavy atom. The number of aryl methyl sites for hydroxylation is 2. The minimum absolute atomic E-state index is 0.246. The number of fused-ring (bicyclic) bond motifs is 1. The molecule has 144 valence electrons. The Morgan fingerprint density at radius 3 is 2.52 bits per heavy atom. The summed E-state index contributed by atoms with van der Waals surface area (Å²) in [5.74, 6) is -1.47. The summed E-state index contributed by atoms with van der Waals surface area (Å²) in [6.07, 6.45) is 3.34. The Hall–Kier alpha value is -2.30. The van der Waals surface area contributed by atoms with Crippen LogP contribution in [0.25, 0.3) is 0 Å². The summed E-state index contributed by atoms with van der Waals surface area (Å²) in [5.41, 5.74) is 3.95. The van der Waals surface area contributed by atoms with Gasteiger partial charge in [0.05, 0.1) is 0 Å². The molecule has 0 saturated carbocycles. The molecule has 1 aliphatic rings. The number of benzene rings is 2. The zero-order valence-corrected chi connectivity index (χ0v) is 15.2. The highest BCUT2D eigenvalue weighted by Crippen LogP contribution is 2.36. The number of ether oxygens (including phenoxy) is 1. The fourth-order valence-corrected chi connectivity index (χ4v) is 3.62. The van der Waals surface area contributed by atoms with Gasteiger partial charge in [0.2, 0.25) is 0 Å². The minimum atomic E-state index is -4.89. The fourth-order valence-electron chi connectivity index (χ4n) is 3.62. The monoisotopic (exact) mass is 378 g/mol. The number of hydrogen-bond acceptors (Lipinski definition) is 1. The molecule has 0 aromatic heterocycles. The van der Waals surface area contributed by atoms with Crippen LogP contribution in [-0.2, 0) is 19.3 Å². The molecule has 2 aromatic rings. The second-order valence-electron chi connectivity index (χ2n) is 6.89. The van der Waals surface area contributed by atoms with Crippen molar-refractivity contribution < 1.29 is 22.3 Å². The first-order chi connectivity index (χ1) is 12.9. The van der Waals surface area contributed by atoms with E-state index in [1.807, 2.05) is 13.0 Å². The van der Waals surface area contributed by atoms with Crippen LogP contribution in [0.2, 0.25) is 0 Å². The first-order valence-corrected chi connectivity index (χ1v) is 9.13. The number of hydrogen-bond donors (Lipinski definition) is 0. The molecule has 0 saturated heterocycles. The van der Waals surface area contributed by atoms with Gasteiger partial charge in [0.25, 0.3) is 0 Å². The maximum absolute atomic E-state index is 14.0. The first kappa shape index (κ1) is 19.5. The Bertz CT molecular complexity index is 806. The molecule has 1 aliphatic carbocycles. The van der Waals surface area contributed by atoms with Crippen LogP contribution in [0.15, 0.2) is 48.6 Å². The molecule has 2 aromatic carbocycles. The van der Waals surface area contributed by atoms with E-state index in [-0.39, 0.29) is 5.92 Å². The quantitative estimate of drug-likeness (QED) is 0.426. The lowest BCUT2D eigenvalue weighted by Crippen LogP contribution is -2.19. The fraction of sp³-hybridized carbons (Fsp3) is 0.364. The number of allylic oxidation sites excluding steroid dienone is 2. The van der Waals surface area contributed by atoms with E-state index in [2.05, 4.69) is 35.1 Å². The standard InChI is InChI=1S/C22H22F4O/c1-2-3-4-5-15-6-8-16(9-7-15)17-10-11-18-14-21(27-22(24,25)26)20(23)13-19(18)12-17/h2-3,6-9,13-14,17H,4-5,10-12H2,1H3/b3-2+. The molecule has 1 unspecified atom stereocenters. The Balaban J connectivity index is 1.71. The minimum Gasteiger partial charge on any atom is -0.403 e. The molecule has 1 nitrogen and oxygen atoms in total. The molecule has 0 N–H and O–H groups in total. The molecule has 0 amide bonds.